The van der Waals surface area contributed by atoms with Gasteiger partial charge in [0.2, 0.25) is 0 Å². The minimum absolute atomic E-state index is 0. The Hall–Kier alpha value is -0.320. The van der Waals surface area contributed by atoms with E-state index in [1.165, 1.54) is 5.56 Å². The van der Waals surface area contributed by atoms with Crippen molar-refractivity contribution in [3.05, 3.63) is 35.9 Å². The van der Waals surface area contributed by atoms with E-state index in [0.29, 0.717) is 5.92 Å². The first kappa shape index (κ1) is 17.7. The van der Waals surface area contributed by atoms with Crippen molar-refractivity contribution >= 4 is 24.8 Å². The maximum Gasteiger partial charge on any atom is 0.0249 e. The second-order valence-electron chi connectivity index (χ2n) is 4.88. The number of hydrogen-bond donors (Lipinski definition) is 2. The van der Waals surface area contributed by atoms with Crippen LogP contribution in [0.3, 0.4) is 0 Å². The van der Waals surface area contributed by atoms with E-state index in [9.17, 15) is 0 Å². The standard InChI is InChI=1S/C13H21N3.2ClH/c1-10(14)7-16-8-12(13(15)9-16)11-5-3-2-4-6-11;;/h2-6,10,12-13H,7-9,14-15H2,1H3;2*1H/t10?,12-,13+;;/m0../s1. The molecule has 3 nitrogen and oxygen atoms in total. The van der Waals surface area contributed by atoms with Gasteiger partial charge in [0.1, 0.15) is 0 Å². The zero-order valence-corrected chi connectivity index (χ0v) is 12.3. The lowest BCUT2D eigenvalue weighted by Gasteiger charge is -2.17. The van der Waals surface area contributed by atoms with Crippen molar-refractivity contribution in [2.24, 2.45) is 11.5 Å². The zero-order chi connectivity index (χ0) is 11.5. The molecule has 1 aromatic carbocycles. The Kier molecular flexibility index (Phi) is 7.83. The van der Waals surface area contributed by atoms with E-state index < -0.39 is 0 Å². The van der Waals surface area contributed by atoms with E-state index in [-0.39, 0.29) is 36.9 Å². The fourth-order valence-corrected chi connectivity index (χ4v) is 2.52. The number of nitrogens with zero attached hydrogens (tertiary/aromatic N) is 1. The molecule has 0 bridgehead atoms. The molecule has 1 heterocycles. The maximum absolute atomic E-state index is 6.19. The average Bonchev–Trinajstić information content (AvgIpc) is 2.60. The van der Waals surface area contributed by atoms with Gasteiger partial charge >= 0.3 is 0 Å². The minimum atomic E-state index is 0. The van der Waals surface area contributed by atoms with E-state index >= 15 is 0 Å². The van der Waals surface area contributed by atoms with E-state index in [2.05, 4.69) is 29.2 Å². The van der Waals surface area contributed by atoms with Gasteiger partial charge in [-0.05, 0) is 12.5 Å². The SMILES string of the molecule is CC(N)CN1C[C@@H](N)[C@H](c2ccccc2)C1.Cl.Cl. The first-order valence-electron chi connectivity index (χ1n) is 5.95. The third kappa shape index (κ3) is 4.41. The average molecular weight is 292 g/mol. The van der Waals surface area contributed by atoms with Gasteiger partial charge in [0.25, 0.3) is 0 Å². The molecule has 4 N–H and O–H groups in total. The summed E-state index contributed by atoms with van der Waals surface area (Å²) in [6, 6.07) is 11.0. The number of rotatable bonds is 3. The second-order valence-corrected chi connectivity index (χ2v) is 4.88. The molecule has 0 spiro atoms. The van der Waals surface area contributed by atoms with Crippen LogP contribution in [0.25, 0.3) is 0 Å². The highest BCUT2D eigenvalue weighted by molar-refractivity contribution is 5.85. The van der Waals surface area contributed by atoms with Crippen LogP contribution >= 0.6 is 24.8 Å². The Morgan fingerprint density at radius 1 is 1.22 bits per heavy atom. The Morgan fingerprint density at radius 3 is 2.39 bits per heavy atom. The molecule has 0 saturated carbocycles. The molecule has 0 aliphatic carbocycles. The van der Waals surface area contributed by atoms with Crippen molar-refractivity contribution in [3.8, 4) is 0 Å². The molecule has 3 atom stereocenters. The van der Waals surface area contributed by atoms with Crippen LogP contribution in [0.15, 0.2) is 30.3 Å². The monoisotopic (exact) mass is 291 g/mol. The van der Waals surface area contributed by atoms with Crippen LogP contribution < -0.4 is 11.5 Å². The molecule has 0 amide bonds. The molecular weight excluding hydrogens is 269 g/mol. The summed E-state index contributed by atoms with van der Waals surface area (Å²) in [4.78, 5) is 2.37. The van der Waals surface area contributed by atoms with E-state index in [4.69, 9.17) is 11.5 Å². The molecule has 1 aliphatic heterocycles. The van der Waals surface area contributed by atoms with Gasteiger partial charge in [0, 0.05) is 37.6 Å². The predicted octanol–water partition coefficient (Wildman–Crippen LogP) is 1.60. The first-order valence-corrected chi connectivity index (χ1v) is 5.95. The number of benzene rings is 1. The van der Waals surface area contributed by atoms with Crippen LogP contribution in [0.2, 0.25) is 0 Å². The summed E-state index contributed by atoms with van der Waals surface area (Å²) in [6.07, 6.45) is 0. The highest BCUT2D eigenvalue weighted by atomic mass is 35.5. The number of halogens is 2. The number of likely N-dealkylation sites (tertiary alicyclic amines) is 1. The lowest BCUT2D eigenvalue weighted by Crippen LogP contribution is -2.35. The van der Waals surface area contributed by atoms with Gasteiger partial charge in [0.05, 0.1) is 0 Å². The molecule has 18 heavy (non-hydrogen) atoms. The molecule has 1 unspecified atom stereocenters. The lowest BCUT2D eigenvalue weighted by molar-refractivity contribution is 0.314. The van der Waals surface area contributed by atoms with Gasteiger partial charge in [-0.2, -0.15) is 0 Å². The van der Waals surface area contributed by atoms with E-state index in [1.807, 2.05) is 13.0 Å². The van der Waals surface area contributed by atoms with Crippen LogP contribution in [-0.2, 0) is 0 Å². The maximum atomic E-state index is 6.19. The summed E-state index contributed by atoms with van der Waals surface area (Å²) in [5.41, 5.74) is 13.4. The summed E-state index contributed by atoms with van der Waals surface area (Å²) in [5.74, 6) is 0.458. The van der Waals surface area contributed by atoms with E-state index in [1.54, 1.807) is 0 Å². The van der Waals surface area contributed by atoms with Gasteiger partial charge in [-0.1, -0.05) is 30.3 Å². The van der Waals surface area contributed by atoms with Crippen molar-refractivity contribution in [1.29, 1.82) is 0 Å². The van der Waals surface area contributed by atoms with Crippen molar-refractivity contribution in [1.82, 2.24) is 4.90 Å². The van der Waals surface area contributed by atoms with E-state index in [0.717, 1.165) is 19.6 Å². The van der Waals surface area contributed by atoms with Crippen LogP contribution in [0, 0.1) is 0 Å². The molecule has 1 saturated heterocycles. The predicted molar refractivity (Wildman–Crippen MR) is 81.7 cm³/mol. The highest BCUT2D eigenvalue weighted by Gasteiger charge is 2.31. The third-order valence-corrected chi connectivity index (χ3v) is 3.21. The molecule has 0 radical (unpaired) electrons. The fourth-order valence-electron chi connectivity index (χ4n) is 2.52. The summed E-state index contributed by atoms with van der Waals surface area (Å²) < 4.78 is 0. The Balaban J connectivity index is 0.00000144. The Bertz CT molecular complexity index is 332. The van der Waals surface area contributed by atoms with Crippen molar-refractivity contribution in [3.63, 3.8) is 0 Å². The quantitative estimate of drug-likeness (QED) is 0.890. The van der Waals surface area contributed by atoms with Gasteiger partial charge in [-0.15, -0.1) is 24.8 Å². The molecule has 1 aromatic rings. The second kappa shape index (κ2) is 7.97. The highest BCUT2D eigenvalue weighted by Crippen LogP contribution is 2.26. The van der Waals surface area contributed by atoms with Crippen LogP contribution in [0.1, 0.15) is 18.4 Å². The molecule has 2 rings (SSSR count). The van der Waals surface area contributed by atoms with Gasteiger partial charge < -0.3 is 11.5 Å². The van der Waals surface area contributed by atoms with Crippen LogP contribution in [0.5, 0.6) is 0 Å². The van der Waals surface area contributed by atoms with Crippen molar-refractivity contribution < 1.29 is 0 Å². The van der Waals surface area contributed by atoms with Crippen molar-refractivity contribution in [2.45, 2.75) is 24.9 Å². The summed E-state index contributed by atoms with van der Waals surface area (Å²) in [6.45, 7) is 4.98. The fraction of sp³-hybridized carbons (Fsp3) is 0.538. The molecule has 5 heteroatoms. The Morgan fingerprint density at radius 2 is 1.83 bits per heavy atom. The lowest BCUT2D eigenvalue weighted by atomic mass is 9.95. The summed E-state index contributed by atoms with van der Waals surface area (Å²) in [5, 5.41) is 0. The zero-order valence-electron chi connectivity index (χ0n) is 10.7. The molecule has 104 valence electrons. The van der Waals surface area contributed by atoms with Gasteiger partial charge in [0.15, 0.2) is 0 Å². The van der Waals surface area contributed by atoms with Crippen LogP contribution in [-0.4, -0.2) is 36.6 Å². The van der Waals surface area contributed by atoms with Crippen molar-refractivity contribution in [2.75, 3.05) is 19.6 Å². The molecule has 1 aliphatic rings. The van der Waals surface area contributed by atoms with Gasteiger partial charge in [-0.25, -0.2) is 0 Å². The number of hydrogen-bond acceptors (Lipinski definition) is 3. The third-order valence-electron chi connectivity index (χ3n) is 3.21. The molecule has 0 aromatic heterocycles. The Labute approximate surface area is 122 Å². The smallest absolute Gasteiger partial charge is 0.0249 e. The minimum Gasteiger partial charge on any atom is -0.327 e. The topological polar surface area (TPSA) is 55.3 Å². The first-order chi connectivity index (χ1) is 7.66. The molecule has 1 fully saturated rings. The summed E-state index contributed by atoms with van der Waals surface area (Å²) in [7, 11) is 0. The number of nitrogens with two attached hydrogens (primary N) is 2. The molecular formula is C13H23Cl2N3. The normalized spacial score (nSPS) is 25.1. The van der Waals surface area contributed by atoms with Gasteiger partial charge in [-0.3, -0.25) is 4.90 Å². The summed E-state index contributed by atoms with van der Waals surface area (Å²) >= 11 is 0. The largest absolute Gasteiger partial charge is 0.327 e. The van der Waals surface area contributed by atoms with Crippen LogP contribution in [0.4, 0.5) is 0 Å².